The molecule has 1 aromatic heterocycles. The monoisotopic (exact) mass is 388 g/mol. The van der Waals surface area contributed by atoms with E-state index in [0.717, 1.165) is 6.42 Å². The molecule has 0 saturated heterocycles. The fraction of sp³-hybridized carbons (Fsp3) is 0.350. The third kappa shape index (κ3) is 4.16. The van der Waals surface area contributed by atoms with Crippen LogP contribution in [0.3, 0.4) is 0 Å². The molecular formula is C20H24N2O6. The summed E-state index contributed by atoms with van der Waals surface area (Å²) >= 11 is 0. The van der Waals surface area contributed by atoms with Crippen LogP contribution in [0.2, 0.25) is 0 Å². The number of aryl methyl sites for hydroxylation is 2. The molecule has 0 aliphatic heterocycles. The van der Waals surface area contributed by atoms with Crippen molar-refractivity contribution in [3.8, 4) is 16.9 Å². The molecule has 2 rings (SSSR count). The van der Waals surface area contributed by atoms with Crippen LogP contribution >= 0.6 is 0 Å². The topological polar surface area (TPSA) is 143 Å². The van der Waals surface area contributed by atoms with Gasteiger partial charge in [0.1, 0.15) is 22.7 Å². The van der Waals surface area contributed by atoms with Crippen molar-refractivity contribution in [3.05, 3.63) is 44.7 Å². The minimum Gasteiger partial charge on any atom is -0.494 e. The van der Waals surface area contributed by atoms with Gasteiger partial charge in [-0.25, -0.2) is 9.59 Å². The van der Waals surface area contributed by atoms with Crippen molar-refractivity contribution in [2.24, 2.45) is 5.92 Å². The molecule has 150 valence electrons. The first kappa shape index (κ1) is 21.0. The van der Waals surface area contributed by atoms with Gasteiger partial charge in [-0.1, -0.05) is 13.8 Å². The van der Waals surface area contributed by atoms with Crippen molar-refractivity contribution < 1.29 is 24.5 Å². The Hall–Kier alpha value is -3.29. The molecule has 0 radical (unpaired) electrons. The Morgan fingerprint density at radius 2 is 1.61 bits per heavy atom. The maximum atomic E-state index is 12.2. The number of hydrogen-bond donors (Lipinski definition) is 4. The van der Waals surface area contributed by atoms with Gasteiger partial charge in [0.05, 0.1) is 6.61 Å². The Morgan fingerprint density at radius 1 is 1.07 bits per heavy atom. The largest absolute Gasteiger partial charge is 0.494 e. The number of nitrogens with one attached hydrogen (secondary N) is 1. The Morgan fingerprint density at radius 3 is 2.07 bits per heavy atom. The third-order valence-corrected chi connectivity index (χ3v) is 4.39. The molecule has 0 aliphatic rings. The molecule has 5 N–H and O–H groups in total. The van der Waals surface area contributed by atoms with Crippen molar-refractivity contribution in [2.45, 2.75) is 34.1 Å². The first-order chi connectivity index (χ1) is 13.0. The lowest BCUT2D eigenvalue weighted by molar-refractivity contribution is 0.0695. The van der Waals surface area contributed by atoms with Crippen molar-refractivity contribution in [1.82, 2.24) is 4.98 Å². The summed E-state index contributed by atoms with van der Waals surface area (Å²) in [4.78, 5) is 37.8. The molecule has 8 nitrogen and oxygen atoms in total. The summed E-state index contributed by atoms with van der Waals surface area (Å²) in [5.41, 5.74) is 4.92. The van der Waals surface area contributed by atoms with E-state index in [2.05, 4.69) is 18.8 Å². The summed E-state index contributed by atoms with van der Waals surface area (Å²) in [6, 6.07) is 3.38. The summed E-state index contributed by atoms with van der Waals surface area (Å²) in [5.74, 6) is -2.28. The summed E-state index contributed by atoms with van der Waals surface area (Å²) < 4.78 is 5.75. The highest BCUT2D eigenvalue weighted by atomic mass is 16.5. The second-order valence-corrected chi connectivity index (χ2v) is 7.07. The van der Waals surface area contributed by atoms with E-state index in [0.29, 0.717) is 35.0 Å². The van der Waals surface area contributed by atoms with E-state index >= 15 is 0 Å². The van der Waals surface area contributed by atoms with Gasteiger partial charge in [-0.15, -0.1) is 0 Å². The zero-order chi connectivity index (χ0) is 21.2. The first-order valence-electron chi connectivity index (χ1n) is 8.81. The molecule has 0 bridgehead atoms. The van der Waals surface area contributed by atoms with Crippen LogP contribution in [0.25, 0.3) is 11.1 Å². The van der Waals surface area contributed by atoms with Gasteiger partial charge in [-0.2, -0.15) is 0 Å². The lowest BCUT2D eigenvalue weighted by Gasteiger charge is -2.18. The van der Waals surface area contributed by atoms with Gasteiger partial charge in [0, 0.05) is 5.56 Å². The predicted octanol–water partition coefficient (Wildman–Crippen LogP) is 3.06. The molecule has 1 aromatic carbocycles. The van der Waals surface area contributed by atoms with Crippen molar-refractivity contribution >= 4 is 17.8 Å². The van der Waals surface area contributed by atoms with Crippen LogP contribution in [0.1, 0.15) is 52.1 Å². The number of nitrogens with two attached hydrogens (primary N) is 1. The minimum absolute atomic E-state index is 0.204. The van der Waals surface area contributed by atoms with Gasteiger partial charge in [0.15, 0.2) is 0 Å². The number of hydrogen-bond acceptors (Lipinski definition) is 5. The van der Waals surface area contributed by atoms with Gasteiger partial charge in [-0.3, -0.25) is 4.79 Å². The predicted molar refractivity (Wildman–Crippen MR) is 105 cm³/mol. The number of aromatic nitrogens is 1. The highest BCUT2D eigenvalue weighted by Crippen LogP contribution is 2.36. The Labute approximate surface area is 162 Å². The molecule has 0 fully saturated rings. The molecular weight excluding hydrogens is 364 g/mol. The smallest absolute Gasteiger partial charge is 0.342 e. The molecule has 8 heteroatoms. The summed E-state index contributed by atoms with van der Waals surface area (Å²) in [5, 5.41) is 19.1. The number of carboxylic acid groups (broad SMARTS) is 2. The molecule has 2 aromatic rings. The average Bonchev–Trinajstić information content (AvgIpc) is 2.52. The SMILES string of the molecule is Cc1cc(OCCC(C)C)cc(C)c1-c1c(C(=O)O)c(N)[nH]c(=O)c1C(=O)O. The Bertz CT molecular complexity index is 968. The minimum atomic E-state index is -1.53. The lowest BCUT2D eigenvalue weighted by Crippen LogP contribution is -2.24. The van der Waals surface area contributed by atoms with E-state index in [4.69, 9.17) is 10.5 Å². The number of carboxylic acids is 2. The van der Waals surface area contributed by atoms with Crippen LogP contribution in [-0.2, 0) is 0 Å². The van der Waals surface area contributed by atoms with Crippen LogP contribution in [0.4, 0.5) is 5.82 Å². The lowest BCUT2D eigenvalue weighted by atomic mass is 9.89. The second kappa shape index (κ2) is 8.16. The molecule has 0 unspecified atom stereocenters. The fourth-order valence-corrected chi connectivity index (χ4v) is 3.11. The van der Waals surface area contributed by atoms with E-state index in [1.165, 1.54) is 0 Å². The fourth-order valence-electron chi connectivity index (χ4n) is 3.11. The van der Waals surface area contributed by atoms with E-state index in [1.54, 1.807) is 26.0 Å². The number of aromatic amines is 1. The van der Waals surface area contributed by atoms with Crippen LogP contribution in [0.15, 0.2) is 16.9 Å². The van der Waals surface area contributed by atoms with Crippen LogP contribution in [0, 0.1) is 19.8 Å². The van der Waals surface area contributed by atoms with Gasteiger partial charge < -0.3 is 25.7 Å². The van der Waals surface area contributed by atoms with E-state index in [9.17, 15) is 24.6 Å². The van der Waals surface area contributed by atoms with E-state index < -0.39 is 34.4 Å². The first-order valence-corrected chi connectivity index (χ1v) is 8.81. The zero-order valence-corrected chi connectivity index (χ0v) is 16.3. The number of pyridine rings is 1. The maximum absolute atomic E-state index is 12.2. The summed E-state index contributed by atoms with van der Waals surface area (Å²) in [6.45, 7) is 8.09. The van der Waals surface area contributed by atoms with Crippen molar-refractivity contribution in [2.75, 3.05) is 12.3 Å². The standard InChI is InChI=1S/C20H24N2O6/c1-9(2)5-6-28-12-7-10(3)13(11(4)8-12)14-15(19(24)25)17(21)22-18(23)16(14)20(26)27/h7-9H,5-6H2,1-4H3,(H,24,25)(H,26,27)(H3,21,22,23). The number of anilines is 1. The molecule has 0 saturated carbocycles. The number of H-pyrrole nitrogens is 1. The molecule has 0 amide bonds. The molecule has 0 spiro atoms. The molecule has 28 heavy (non-hydrogen) atoms. The van der Waals surface area contributed by atoms with E-state index in [-0.39, 0.29) is 5.56 Å². The van der Waals surface area contributed by atoms with E-state index in [1.807, 2.05) is 0 Å². The normalized spacial score (nSPS) is 10.9. The quantitative estimate of drug-likeness (QED) is 0.571. The third-order valence-electron chi connectivity index (χ3n) is 4.39. The Kier molecular flexibility index (Phi) is 6.12. The highest BCUT2D eigenvalue weighted by molar-refractivity contribution is 6.08. The summed E-state index contributed by atoms with van der Waals surface area (Å²) in [7, 11) is 0. The number of aromatic carboxylic acids is 2. The van der Waals surface area contributed by atoms with Gasteiger partial charge >= 0.3 is 11.9 Å². The van der Waals surface area contributed by atoms with Gasteiger partial charge in [0.2, 0.25) is 0 Å². The van der Waals surface area contributed by atoms with Crippen LogP contribution in [-0.4, -0.2) is 33.7 Å². The second-order valence-electron chi connectivity index (χ2n) is 7.07. The number of ether oxygens (including phenoxy) is 1. The van der Waals surface area contributed by atoms with Crippen molar-refractivity contribution in [1.29, 1.82) is 0 Å². The van der Waals surface area contributed by atoms with Crippen LogP contribution < -0.4 is 16.0 Å². The zero-order valence-electron chi connectivity index (χ0n) is 16.3. The van der Waals surface area contributed by atoms with Crippen molar-refractivity contribution in [3.63, 3.8) is 0 Å². The molecule has 1 heterocycles. The maximum Gasteiger partial charge on any atom is 0.342 e. The van der Waals surface area contributed by atoms with Gasteiger partial charge in [0.25, 0.3) is 5.56 Å². The highest BCUT2D eigenvalue weighted by Gasteiger charge is 2.28. The van der Waals surface area contributed by atoms with Gasteiger partial charge in [-0.05, 0) is 55.0 Å². The summed E-state index contributed by atoms with van der Waals surface area (Å²) in [6.07, 6.45) is 0.872. The average molecular weight is 388 g/mol. The Balaban J connectivity index is 2.72. The number of rotatable bonds is 7. The number of benzene rings is 1. The number of carbonyl (C=O) groups is 2. The molecule has 0 atom stereocenters. The molecule has 0 aliphatic carbocycles. The number of nitrogen functional groups attached to an aromatic ring is 1. The van der Waals surface area contributed by atoms with Crippen LogP contribution in [0.5, 0.6) is 5.75 Å².